The van der Waals surface area contributed by atoms with E-state index in [1.807, 2.05) is 0 Å². The summed E-state index contributed by atoms with van der Waals surface area (Å²) in [4.78, 5) is 0.0309. The summed E-state index contributed by atoms with van der Waals surface area (Å²) in [5.74, 6) is -1.39. The van der Waals surface area contributed by atoms with E-state index < -0.39 is 11.6 Å². The Hall–Kier alpha value is -1.20. The highest BCUT2D eigenvalue weighted by atomic mass is 32.1. The van der Waals surface area contributed by atoms with Gasteiger partial charge in [0.05, 0.1) is 0 Å². The van der Waals surface area contributed by atoms with E-state index in [-0.39, 0.29) is 26.0 Å². The molecule has 1 aromatic carbocycles. The summed E-state index contributed by atoms with van der Waals surface area (Å²) in [5.41, 5.74) is -0.222. The van der Waals surface area contributed by atoms with Crippen LogP contribution in [0.1, 0.15) is 0 Å². The monoisotopic (exact) mass is 270 g/mol. The van der Waals surface area contributed by atoms with E-state index in [1.165, 1.54) is 6.07 Å². The molecule has 0 aliphatic rings. The molecule has 1 nitrogen and oxygen atoms in total. The maximum atomic E-state index is 13.7. The summed E-state index contributed by atoms with van der Waals surface area (Å²) >= 11 is 7.70. The zero-order valence-corrected chi connectivity index (χ0v) is 10.4. The molecule has 1 aromatic heterocycles. The van der Waals surface area contributed by atoms with Gasteiger partial charge in [-0.1, -0.05) is 13.2 Å². The van der Waals surface area contributed by atoms with Gasteiger partial charge in [-0.05, 0) is 12.1 Å². The van der Waals surface area contributed by atoms with E-state index in [2.05, 4.69) is 38.4 Å². The van der Waals surface area contributed by atoms with Gasteiger partial charge in [0, 0.05) is 20.4 Å². The highest BCUT2D eigenvalue weighted by Crippen LogP contribution is 2.21. The van der Waals surface area contributed by atoms with Crippen LogP contribution >= 0.6 is 25.3 Å². The second-order valence-corrected chi connectivity index (χ2v) is 4.47. The molecule has 0 amide bonds. The first-order chi connectivity index (χ1) is 7.93. The SMILES string of the molecule is C=C(S)/C(F)=c1/oc2c(F)c(S)ccc2c1=C. The van der Waals surface area contributed by atoms with Crippen molar-refractivity contribution in [3.63, 3.8) is 0 Å². The summed E-state index contributed by atoms with van der Waals surface area (Å²) < 4.78 is 32.5. The molecule has 0 N–H and O–H groups in total. The lowest BCUT2D eigenvalue weighted by molar-refractivity contribution is 0.516. The molecule has 0 saturated heterocycles. The van der Waals surface area contributed by atoms with Gasteiger partial charge < -0.3 is 4.42 Å². The Balaban J connectivity index is 3.02. The summed E-state index contributed by atoms with van der Waals surface area (Å²) in [6.07, 6.45) is 0. The number of rotatable bonds is 1. The predicted molar refractivity (Wildman–Crippen MR) is 70.8 cm³/mol. The van der Waals surface area contributed by atoms with E-state index in [0.29, 0.717) is 5.39 Å². The van der Waals surface area contributed by atoms with Crippen LogP contribution in [0.4, 0.5) is 8.78 Å². The Bertz CT molecular complexity index is 731. The van der Waals surface area contributed by atoms with Gasteiger partial charge in [-0.15, -0.1) is 25.3 Å². The normalized spacial score (nSPS) is 12.9. The molecule has 0 radical (unpaired) electrons. The number of hydrogen-bond acceptors (Lipinski definition) is 3. The third kappa shape index (κ3) is 1.89. The fraction of sp³-hybridized carbons (Fsp3) is 0. The van der Waals surface area contributed by atoms with Gasteiger partial charge in [-0.25, -0.2) is 8.78 Å². The summed E-state index contributed by atoms with van der Waals surface area (Å²) in [6, 6.07) is 3.03. The van der Waals surface area contributed by atoms with Crippen molar-refractivity contribution in [2.24, 2.45) is 0 Å². The van der Waals surface area contributed by atoms with Crippen LogP contribution < -0.4 is 10.6 Å². The van der Waals surface area contributed by atoms with Crippen LogP contribution in [0.25, 0.3) is 23.4 Å². The van der Waals surface area contributed by atoms with E-state index in [4.69, 9.17) is 4.42 Å². The number of benzene rings is 1. The average molecular weight is 270 g/mol. The van der Waals surface area contributed by atoms with Crippen molar-refractivity contribution in [2.45, 2.75) is 4.90 Å². The van der Waals surface area contributed by atoms with E-state index >= 15 is 0 Å². The van der Waals surface area contributed by atoms with Crippen LogP contribution in [-0.4, -0.2) is 0 Å². The van der Waals surface area contributed by atoms with Crippen molar-refractivity contribution in [1.29, 1.82) is 0 Å². The van der Waals surface area contributed by atoms with Crippen molar-refractivity contribution in [2.75, 3.05) is 0 Å². The van der Waals surface area contributed by atoms with Gasteiger partial charge >= 0.3 is 0 Å². The molecule has 0 fully saturated rings. The number of allylic oxidation sites excluding steroid dienone is 1. The maximum absolute atomic E-state index is 13.7. The molecule has 0 aliphatic carbocycles. The molecule has 1 heterocycles. The van der Waals surface area contributed by atoms with Gasteiger partial charge in [0.15, 0.2) is 22.6 Å². The summed E-state index contributed by atoms with van der Waals surface area (Å²) in [7, 11) is 0. The molecule has 0 atom stereocenters. The fourth-order valence-corrected chi connectivity index (χ4v) is 1.76. The lowest BCUT2D eigenvalue weighted by atomic mass is 10.2. The molecule has 2 aromatic rings. The molecule has 17 heavy (non-hydrogen) atoms. The molecule has 5 heteroatoms. The number of hydrogen-bond donors (Lipinski definition) is 2. The zero-order chi connectivity index (χ0) is 12.7. The smallest absolute Gasteiger partial charge is 0.179 e. The summed E-state index contributed by atoms with van der Waals surface area (Å²) in [6.45, 7) is 7.00. The molecule has 88 valence electrons. The van der Waals surface area contributed by atoms with Crippen molar-refractivity contribution in [3.05, 3.63) is 40.1 Å². The van der Waals surface area contributed by atoms with Gasteiger partial charge in [0.2, 0.25) is 0 Å². The van der Waals surface area contributed by atoms with E-state index in [0.717, 1.165) is 0 Å². The Labute approximate surface area is 107 Å². The minimum atomic E-state index is -0.755. The lowest BCUT2D eigenvalue weighted by Gasteiger charge is -1.93. The first kappa shape index (κ1) is 12.3. The third-order valence-electron chi connectivity index (χ3n) is 2.33. The number of fused-ring (bicyclic) bond motifs is 1. The minimum absolute atomic E-state index is 0.0674. The molecule has 0 spiro atoms. The average Bonchev–Trinajstić information content (AvgIpc) is 2.61. The van der Waals surface area contributed by atoms with Crippen LogP contribution in [-0.2, 0) is 0 Å². The van der Waals surface area contributed by atoms with Crippen LogP contribution in [0.15, 0.2) is 32.9 Å². The number of furan rings is 1. The molecular weight excluding hydrogens is 262 g/mol. The molecular formula is C12H8F2OS2. The number of halogens is 2. The van der Waals surface area contributed by atoms with Crippen molar-refractivity contribution in [3.8, 4) is 0 Å². The first-order valence-corrected chi connectivity index (χ1v) is 5.50. The van der Waals surface area contributed by atoms with Crippen molar-refractivity contribution < 1.29 is 13.2 Å². The van der Waals surface area contributed by atoms with Crippen LogP contribution in [0.3, 0.4) is 0 Å². The van der Waals surface area contributed by atoms with E-state index in [9.17, 15) is 8.78 Å². The lowest BCUT2D eigenvalue weighted by Crippen LogP contribution is -2.20. The largest absolute Gasteiger partial charge is 0.450 e. The van der Waals surface area contributed by atoms with Crippen LogP contribution in [0.5, 0.6) is 0 Å². The van der Waals surface area contributed by atoms with Gasteiger partial charge in [-0.3, -0.25) is 0 Å². The fourth-order valence-electron chi connectivity index (χ4n) is 1.48. The predicted octanol–water partition coefficient (Wildman–Crippen LogP) is 2.79. The number of thiol groups is 2. The second-order valence-electron chi connectivity index (χ2n) is 3.45. The third-order valence-corrected chi connectivity index (χ3v) is 2.87. The Morgan fingerprint density at radius 2 is 2.00 bits per heavy atom. The van der Waals surface area contributed by atoms with Crippen molar-refractivity contribution in [1.82, 2.24) is 0 Å². The Morgan fingerprint density at radius 3 is 2.59 bits per heavy atom. The van der Waals surface area contributed by atoms with Crippen molar-refractivity contribution >= 4 is 48.6 Å². The van der Waals surface area contributed by atoms with Gasteiger partial charge in [0.1, 0.15) is 0 Å². The first-order valence-electron chi connectivity index (χ1n) is 4.60. The highest BCUT2D eigenvalue weighted by Gasteiger charge is 2.13. The zero-order valence-electron chi connectivity index (χ0n) is 8.63. The van der Waals surface area contributed by atoms with Gasteiger partial charge in [0.25, 0.3) is 0 Å². The Morgan fingerprint density at radius 1 is 1.35 bits per heavy atom. The minimum Gasteiger partial charge on any atom is -0.450 e. The maximum Gasteiger partial charge on any atom is 0.179 e. The second kappa shape index (κ2) is 4.23. The summed E-state index contributed by atoms with van der Waals surface area (Å²) in [5, 5.41) is 0.667. The Kier molecular flexibility index (Phi) is 3.05. The molecule has 0 aliphatic heterocycles. The van der Waals surface area contributed by atoms with Crippen LogP contribution in [0, 0.1) is 5.82 Å². The quantitative estimate of drug-likeness (QED) is 0.760. The van der Waals surface area contributed by atoms with Crippen LogP contribution in [0.2, 0.25) is 0 Å². The molecule has 0 saturated carbocycles. The molecule has 0 bridgehead atoms. The van der Waals surface area contributed by atoms with E-state index in [1.54, 1.807) is 6.07 Å². The molecule has 2 rings (SSSR count). The van der Waals surface area contributed by atoms with Gasteiger partial charge in [-0.2, -0.15) is 0 Å². The standard InChI is InChI=1S/C12H8F2OS2/c1-5-7-3-4-8(17)10(14)12(7)15-11(5)9(13)6(2)16/h3-4,16-17H,1-2H2/b11-9-. The molecule has 0 unspecified atom stereocenters. The topological polar surface area (TPSA) is 13.1 Å². The highest BCUT2D eigenvalue weighted by molar-refractivity contribution is 7.85.